The smallest absolute Gasteiger partial charge is 0.0733 e. The highest BCUT2D eigenvalue weighted by molar-refractivity contribution is 7.11. The van der Waals surface area contributed by atoms with Crippen molar-refractivity contribution in [3.05, 3.63) is 51.4 Å². The van der Waals surface area contributed by atoms with E-state index in [1.165, 1.54) is 5.56 Å². The summed E-state index contributed by atoms with van der Waals surface area (Å²) in [4.78, 5) is 5.00. The number of hydrogen-bond acceptors (Lipinski definition) is 2. The maximum atomic E-state index is 6.29. The lowest BCUT2D eigenvalue weighted by Crippen LogP contribution is -1.93. The lowest BCUT2D eigenvalue weighted by Gasteiger charge is -2.07. The zero-order valence-electron chi connectivity index (χ0n) is 7.86. The van der Waals surface area contributed by atoms with E-state index in [-0.39, 0.29) is 5.38 Å². The molecule has 78 valence electrons. The van der Waals surface area contributed by atoms with Gasteiger partial charge in [-0.05, 0) is 35.6 Å². The van der Waals surface area contributed by atoms with Crippen molar-refractivity contribution in [2.24, 2.45) is 0 Å². The Morgan fingerprint density at radius 3 is 2.60 bits per heavy atom. The van der Waals surface area contributed by atoms with Crippen LogP contribution in [0.4, 0.5) is 0 Å². The van der Waals surface area contributed by atoms with E-state index in [0.717, 1.165) is 16.3 Å². The minimum atomic E-state index is -0.0556. The second-order valence-electron chi connectivity index (χ2n) is 3.16. The second-order valence-corrected chi connectivity index (χ2v) is 5.04. The molecule has 1 nitrogen and oxygen atoms in total. The van der Waals surface area contributed by atoms with Gasteiger partial charge in [-0.15, -0.1) is 22.9 Å². The second kappa shape index (κ2) is 4.97. The van der Waals surface area contributed by atoms with Crippen LogP contribution >= 0.6 is 34.5 Å². The standard InChI is InChI=1S/C11H9Cl2NS/c12-9-3-6-15-11(9)10(13)7-8-1-4-14-5-2-8/h1-6,10H,7H2. The molecule has 2 aromatic rings. The number of thiophene rings is 1. The summed E-state index contributed by atoms with van der Waals surface area (Å²) in [5.41, 5.74) is 1.18. The van der Waals surface area contributed by atoms with Crippen molar-refractivity contribution in [2.45, 2.75) is 11.8 Å². The first-order valence-electron chi connectivity index (χ1n) is 4.53. The molecule has 0 saturated carbocycles. The third-order valence-electron chi connectivity index (χ3n) is 2.09. The molecule has 0 radical (unpaired) electrons. The summed E-state index contributed by atoms with van der Waals surface area (Å²) in [7, 11) is 0. The zero-order valence-corrected chi connectivity index (χ0v) is 10.2. The lowest BCUT2D eigenvalue weighted by molar-refractivity contribution is 0.936. The van der Waals surface area contributed by atoms with Crippen molar-refractivity contribution >= 4 is 34.5 Å². The largest absolute Gasteiger partial charge is 0.265 e. The Bertz CT molecular complexity index is 427. The highest BCUT2D eigenvalue weighted by Gasteiger charge is 2.13. The molecule has 2 aromatic heterocycles. The van der Waals surface area contributed by atoms with Gasteiger partial charge in [0.2, 0.25) is 0 Å². The molecule has 0 aliphatic heterocycles. The number of hydrogen-bond donors (Lipinski definition) is 0. The van der Waals surface area contributed by atoms with E-state index < -0.39 is 0 Å². The first-order chi connectivity index (χ1) is 7.27. The summed E-state index contributed by atoms with van der Waals surface area (Å²) in [5.74, 6) is 0. The van der Waals surface area contributed by atoms with Gasteiger partial charge in [0, 0.05) is 17.3 Å². The predicted molar refractivity (Wildman–Crippen MR) is 65.9 cm³/mol. The summed E-state index contributed by atoms with van der Waals surface area (Å²) >= 11 is 13.9. The van der Waals surface area contributed by atoms with Crippen LogP contribution < -0.4 is 0 Å². The summed E-state index contributed by atoms with van der Waals surface area (Å²) < 4.78 is 0. The summed E-state index contributed by atoms with van der Waals surface area (Å²) in [6, 6.07) is 5.82. The molecule has 0 fully saturated rings. The van der Waals surface area contributed by atoms with E-state index in [2.05, 4.69) is 4.98 Å². The Morgan fingerprint density at radius 1 is 1.27 bits per heavy atom. The number of rotatable bonds is 3. The molecular formula is C11H9Cl2NS. The number of halogens is 2. The molecule has 0 aliphatic rings. The van der Waals surface area contributed by atoms with Gasteiger partial charge in [0.25, 0.3) is 0 Å². The molecule has 0 aliphatic carbocycles. The van der Waals surface area contributed by atoms with Gasteiger partial charge in [-0.2, -0.15) is 0 Å². The fourth-order valence-electron chi connectivity index (χ4n) is 1.35. The molecule has 15 heavy (non-hydrogen) atoms. The molecule has 1 unspecified atom stereocenters. The van der Waals surface area contributed by atoms with Crippen LogP contribution in [0.5, 0.6) is 0 Å². The molecular weight excluding hydrogens is 249 g/mol. The topological polar surface area (TPSA) is 12.9 Å². The first-order valence-corrected chi connectivity index (χ1v) is 6.22. The Labute approximate surface area is 103 Å². The Morgan fingerprint density at radius 2 is 2.00 bits per heavy atom. The quantitative estimate of drug-likeness (QED) is 0.747. The van der Waals surface area contributed by atoms with Crippen LogP contribution in [0.25, 0.3) is 0 Å². The highest BCUT2D eigenvalue weighted by atomic mass is 35.5. The molecule has 0 amide bonds. The SMILES string of the molecule is Clc1ccsc1C(Cl)Cc1ccncc1. The molecule has 4 heteroatoms. The Hall–Kier alpha value is -0.570. The van der Waals surface area contributed by atoms with Crippen LogP contribution in [0.15, 0.2) is 36.0 Å². The van der Waals surface area contributed by atoms with Gasteiger partial charge in [-0.25, -0.2) is 0 Å². The lowest BCUT2D eigenvalue weighted by atomic mass is 10.1. The van der Waals surface area contributed by atoms with Crippen molar-refractivity contribution < 1.29 is 0 Å². The van der Waals surface area contributed by atoms with Crippen LogP contribution in [-0.4, -0.2) is 4.98 Å². The fraction of sp³-hybridized carbons (Fsp3) is 0.182. The van der Waals surface area contributed by atoms with Crippen molar-refractivity contribution in [1.82, 2.24) is 4.98 Å². The van der Waals surface area contributed by atoms with Crippen LogP contribution in [0, 0.1) is 0 Å². The van der Waals surface area contributed by atoms with Crippen LogP contribution in [-0.2, 0) is 6.42 Å². The van der Waals surface area contributed by atoms with Crippen molar-refractivity contribution in [1.29, 1.82) is 0 Å². The molecule has 1 atom stereocenters. The van der Waals surface area contributed by atoms with Crippen molar-refractivity contribution in [3.8, 4) is 0 Å². The molecule has 0 spiro atoms. The van der Waals surface area contributed by atoms with Gasteiger partial charge in [-0.1, -0.05) is 11.6 Å². The Balaban J connectivity index is 2.11. The van der Waals surface area contributed by atoms with E-state index >= 15 is 0 Å². The maximum absolute atomic E-state index is 6.29. The van der Waals surface area contributed by atoms with E-state index in [9.17, 15) is 0 Å². The zero-order chi connectivity index (χ0) is 10.7. The van der Waals surface area contributed by atoms with E-state index in [0.29, 0.717) is 0 Å². The van der Waals surface area contributed by atoms with Gasteiger partial charge in [0.1, 0.15) is 0 Å². The van der Waals surface area contributed by atoms with Gasteiger partial charge in [-0.3, -0.25) is 4.98 Å². The first kappa shape index (κ1) is 10.9. The van der Waals surface area contributed by atoms with Gasteiger partial charge < -0.3 is 0 Å². The van der Waals surface area contributed by atoms with E-state index in [1.807, 2.05) is 23.6 Å². The van der Waals surface area contributed by atoms with E-state index in [4.69, 9.17) is 23.2 Å². The molecule has 0 saturated heterocycles. The number of nitrogens with zero attached hydrogens (tertiary/aromatic N) is 1. The van der Waals surface area contributed by atoms with Crippen molar-refractivity contribution in [3.63, 3.8) is 0 Å². The third-order valence-corrected chi connectivity index (χ3v) is 4.07. The Kier molecular flexibility index (Phi) is 3.62. The van der Waals surface area contributed by atoms with Crippen LogP contribution in [0.1, 0.15) is 15.8 Å². The summed E-state index contributed by atoms with van der Waals surface area (Å²) in [5, 5.41) is 2.66. The average molecular weight is 258 g/mol. The molecule has 2 rings (SSSR count). The van der Waals surface area contributed by atoms with Crippen LogP contribution in [0.3, 0.4) is 0 Å². The number of alkyl halides is 1. The minimum Gasteiger partial charge on any atom is -0.265 e. The highest BCUT2D eigenvalue weighted by Crippen LogP contribution is 2.34. The number of pyridine rings is 1. The van der Waals surface area contributed by atoms with Crippen LogP contribution in [0.2, 0.25) is 5.02 Å². The average Bonchev–Trinajstić information content (AvgIpc) is 2.66. The summed E-state index contributed by atoms with van der Waals surface area (Å²) in [6.45, 7) is 0. The van der Waals surface area contributed by atoms with Gasteiger partial charge in [0.05, 0.1) is 10.4 Å². The maximum Gasteiger partial charge on any atom is 0.0733 e. The van der Waals surface area contributed by atoms with E-state index in [1.54, 1.807) is 23.7 Å². The predicted octanol–water partition coefficient (Wildman–Crippen LogP) is 4.32. The molecule has 2 heterocycles. The summed E-state index contributed by atoms with van der Waals surface area (Å²) in [6.07, 6.45) is 4.33. The molecule has 0 N–H and O–H groups in total. The molecule has 0 aromatic carbocycles. The fourth-order valence-corrected chi connectivity index (χ4v) is 3.02. The van der Waals surface area contributed by atoms with Gasteiger partial charge in [0.15, 0.2) is 0 Å². The third kappa shape index (κ3) is 2.71. The number of aromatic nitrogens is 1. The van der Waals surface area contributed by atoms with Gasteiger partial charge >= 0.3 is 0 Å². The van der Waals surface area contributed by atoms with Crippen molar-refractivity contribution in [2.75, 3.05) is 0 Å². The minimum absolute atomic E-state index is 0.0556. The monoisotopic (exact) mass is 257 g/mol. The normalized spacial score (nSPS) is 12.7. The molecule has 0 bridgehead atoms.